The number of furan rings is 1. The standard InChI is InChI=1S/C22H19IN2O3S/c1-14-11-17(23)8-9-19(14)24-21(27)15-4-6-16(7-5-15)22-25(20(26)13-29-22)12-18-3-2-10-28-18/h2-11,22H,12-13H2,1H3,(H,24,27). The molecule has 2 aromatic carbocycles. The molecule has 1 aliphatic heterocycles. The van der Waals surface area contributed by atoms with Crippen LogP contribution in [0.2, 0.25) is 0 Å². The quantitative estimate of drug-likeness (QED) is 0.471. The van der Waals surface area contributed by atoms with Gasteiger partial charge in [0.15, 0.2) is 0 Å². The van der Waals surface area contributed by atoms with Crippen LogP contribution in [-0.4, -0.2) is 22.5 Å². The van der Waals surface area contributed by atoms with Gasteiger partial charge in [0, 0.05) is 14.8 Å². The van der Waals surface area contributed by atoms with Crippen LogP contribution in [0.5, 0.6) is 0 Å². The van der Waals surface area contributed by atoms with Crippen molar-refractivity contribution in [3.63, 3.8) is 0 Å². The normalized spacial score (nSPS) is 16.3. The minimum Gasteiger partial charge on any atom is -0.467 e. The van der Waals surface area contributed by atoms with Crippen LogP contribution in [0.25, 0.3) is 0 Å². The molecule has 1 N–H and O–H groups in total. The number of nitrogens with zero attached hydrogens (tertiary/aromatic N) is 1. The van der Waals surface area contributed by atoms with E-state index in [0.29, 0.717) is 17.9 Å². The lowest BCUT2D eigenvalue weighted by Gasteiger charge is -2.23. The molecule has 1 saturated heterocycles. The van der Waals surface area contributed by atoms with Gasteiger partial charge < -0.3 is 14.6 Å². The van der Waals surface area contributed by atoms with Gasteiger partial charge in [-0.15, -0.1) is 11.8 Å². The first kappa shape index (κ1) is 20.0. The van der Waals surface area contributed by atoms with Crippen molar-refractivity contribution in [3.8, 4) is 0 Å². The number of benzene rings is 2. The van der Waals surface area contributed by atoms with Crippen molar-refractivity contribution in [3.05, 3.63) is 86.9 Å². The Labute approximate surface area is 187 Å². The lowest BCUT2D eigenvalue weighted by atomic mass is 10.1. The Hall–Kier alpha value is -2.26. The number of aryl methyl sites for hydroxylation is 1. The van der Waals surface area contributed by atoms with E-state index in [1.807, 2.05) is 54.3 Å². The summed E-state index contributed by atoms with van der Waals surface area (Å²) in [5.41, 5.74) is 3.41. The van der Waals surface area contributed by atoms with E-state index in [1.54, 1.807) is 30.2 Å². The molecule has 148 valence electrons. The maximum atomic E-state index is 12.6. The highest BCUT2D eigenvalue weighted by Crippen LogP contribution is 2.39. The van der Waals surface area contributed by atoms with E-state index in [-0.39, 0.29) is 17.2 Å². The number of carbonyl (C=O) groups is 2. The van der Waals surface area contributed by atoms with Crippen LogP contribution in [0.4, 0.5) is 5.69 Å². The Bertz CT molecular complexity index is 1030. The zero-order valence-corrected chi connectivity index (χ0v) is 18.7. The molecule has 1 fully saturated rings. The molecular formula is C22H19IN2O3S. The highest BCUT2D eigenvalue weighted by molar-refractivity contribution is 14.1. The van der Waals surface area contributed by atoms with Gasteiger partial charge in [0.1, 0.15) is 11.1 Å². The Morgan fingerprint density at radius 1 is 1.24 bits per heavy atom. The van der Waals surface area contributed by atoms with Crippen LogP contribution in [0, 0.1) is 10.5 Å². The number of rotatable bonds is 5. The van der Waals surface area contributed by atoms with E-state index in [1.165, 1.54) is 0 Å². The fourth-order valence-corrected chi connectivity index (χ4v) is 5.07. The fourth-order valence-electron chi connectivity index (χ4n) is 3.23. The van der Waals surface area contributed by atoms with Gasteiger partial charge in [0.2, 0.25) is 5.91 Å². The predicted molar refractivity (Wildman–Crippen MR) is 123 cm³/mol. The predicted octanol–water partition coefficient (Wildman–Crippen LogP) is 5.22. The summed E-state index contributed by atoms with van der Waals surface area (Å²) in [6, 6.07) is 17.0. The Kier molecular flexibility index (Phi) is 5.96. The molecule has 7 heteroatoms. The number of halogens is 1. The Balaban J connectivity index is 1.48. The summed E-state index contributed by atoms with van der Waals surface area (Å²) in [7, 11) is 0. The number of nitrogens with one attached hydrogen (secondary N) is 1. The molecule has 1 aliphatic rings. The first-order chi connectivity index (χ1) is 14.0. The van der Waals surface area contributed by atoms with Crippen LogP contribution < -0.4 is 5.32 Å². The molecule has 0 spiro atoms. The number of carbonyl (C=O) groups excluding carboxylic acids is 2. The maximum Gasteiger partial charge on any atom is 0.255 e. The number of anilines is 1. The van der Waals surface area contributed by atoms with Gasteiger partial charge in [-0.25, -0.2) is 0 Å². The van der Waals surface area contributed by atoms with E-state index >= 15 is 0 Å². The van der Waals surface area contributed by atoms with Crippen LogP contribution in [0.3, 0.4) is 0 Å². The Morgan fingerprint density at radius 2 is 2.03 bits per heavy atom. The molecule has 29 heavy (non-hydrogen) atoms. The fraction of sp³-hybridized carbons (Fsp3) is 0.182. The van der Waals surface area contributed by atoms with Gasteiger partial charge >= 0.3 is 0 Å². The lowest BCUT2D eigenvalue weighted by molar-refractivity contribution is -0.128. The summed E-state index contributed by atoms with van der Waals surface area (Å²) in [6.07, 6.45) is 1.61. The van der Waals surface area contributed by atoms with Crippen molar-refractivity contribution in [2.24, 2.45) is 0 Å². The van der Waals surface area contributed by atoms with E-state index in [2.05, 4.69) is 27.9 Å². The molecule has 2 heterocycles. The average Bonchev–Trinajstić information content (AvgIpc) is 3.35. The lowest BCUT2D eigenvalue weighted by Crippen LogP contribution is -2.27. The van der Waals surface area contributed by atoms with E-state index in [4.69, 9.17) is 4.42 Å². The second-order valence-electron chi connectivity index (χ2n) is 6.80. The van der Waals surface area contributed by atoms with Gasteiger partial charge in [-0.05, 0) is 83.1 Å². The van der Waals surface area contributed by atoms with Crippen LogP contribution in [0.1, 0.15) is 32.6 Å². The number of thioether (sulfide) groups is 1. The molecule has 3 aromatic rings. The maximum absolute atomic E-state index is 12.6. The average molecular weight is 518 g/mol. The summed E-state index contributed by atoms with van der Waals surface area (Å²) in [5.74, 6) is 1.14. The third kappa shape index (κ3) is 4.51. The molecule has 1 aromatic heterocycles. The van der Waals surface area contributed by atoms with Crippen molar-refractivity contribution in [2.75, 3.05) is 11.1 Å². The summed E-state index contributed by atoms with van der Waals surface area (Å²) in [6.45, 7) is 2.42. The smallest absolute Gasteiger partial charge is 0.255 e. The molecule has 2 amide bonds. The van der Waals surface area contributed by atoms with E-state index in [9.17, 15) is 9.59 Å². The third-order valence-corrected chi connectivity index (χ3v) is 6.70. The monoisotopic (exact) mass is 518 g/mol. The van der Waals surface area contributed by atoms with Crippen LogP contribution in [0.15, 0.2) is 65.3 Å². The van der Waals surface area contributed by atoms with E-state index in [0.717, 1.165) is 26.1 Å². The molecule has 1 atom stereocenters. The highest BCUT2D eigenvalue weighted by atomic mass is 127. The van der Waals surface area contributed by atoms with Crippen molar-refractivity contribution in [2.45, 2.75) is 18.8 Å². The Morgan fingerprint density at radius 3 is 2.72 bits per heavy atom. The van der Waals surface area contributed by atoms with Crippen molar-refractivity contribution in [1.82, 2.24) is 4.90 Å². The van der Waals surface area contributed by atoms with Crippen molar-refractivity contribution in [1.29, 1.82) is 0 Å². The minimum absolute atomic E-state index is 0.0804. The molecular weight excluding hydrogens is 499 g/mol. The zero-order chi connectivity index (χ0) is 20.4. The van der Waals surface area contributed by atoms with Crippen molar-refractivity contribution < 1.29 is 14.0 Å². The summed E-state index contributed by atoms with van der Waals surface area (Å²) in [4.78, 5) is 26.7. The second-order valence-corrected chi connectivity index (χ2v) is 9.11. The SMILES string of the molecule is Cc1cc(I)ccc1NC(=O)c1ccc(C2SCC(=O)N2Cc2ccco2)cc1. The third-order valence-electron chi connectivity index (χ3n) is 4.77. The first-order valence-electron chi connectivity index (χ1n) is 9.12. The van der Waals surface area contributed by atoms with Gasteiger partial charge in [0.05, 0.1) is 18.6 Å². The summed E-state index contributed by atoms with van der Waals surface area (Å²) >= 11 is 3.84. The molecule has 0 aliphatic carbocycles. The summed E-state index contributed by atoms with van der Waals surface area (Å²) < 4.78 is 6.53. The molecule has 5 nitrogen and oxygen atoms in total. The molecule has 0 bridgehead atoms. The van der Waals surface area contributed by atoms with Crippen LogP contribution >= 0.6 is 34.4 Å². The number of hydrogen-bond donors (Lipinski definition) is 1. The number of amides is 2. The molecule has 0 saturated carbocycles. The van der Waals surface area contributed by atoms with E-state index < -0.39 is 0 Å². The summed E-state index contributed by atoms with van der Waals surface area (Å²) in [5, 5.41) is 2.88. The highest BCUT2D eigenvalue weighted by Gasteiger charge is 2.33. The van der Waals surface area contributed by atoms with Gasteiger partial charge in [-0.1, -0.05) is 12.1 Å². The molecule has 1 unspecified atom stereocenters. The largest absolute Gasteiger partial charge is 0.467 e. The second kappa shape index (κ2) is 8.62. The minimum atomic E-state index is -0.150. The number of hydrogen-bond acceptors (Lipinski definition) is 4. The van der Waals surface area contributed by atoms with Crippen molar-refractivity contribution >= 4 is 51.9 Å². The molecule has 4 rings (SSSR count). The topological polar surface area (TPSA) is 62.6 Å². The molecule has 0 radical (unpaired) electrons. The first-order valence-corrected chi connectivity index (χ1v) is 11.2. The van der Waals surface area contributed by atoms with Gasteiger partial charge in [0.25, 0.3) is 5.91 Å². The zero-order valence-electron chi connectivity index (χ0n) is 15.7. The van der Waals surface area contributed by atoms with Gasteiger partial charge in [-0.3, -0.25) is 9.59 Å². The van der Waals surface area contributed by atoms with Crippen LogP contribution in [-0.2, 0) is 11.3 Å². The van der Waals surface area contributed by atoms with Gasteiger partial charge in [-0.2, -0.15) is 0 Å².